The Kier molecular flexibility index (Phi) is 5.67. The van der Waals surface area contributed by atoms with E-state index in [0.29, 0.717) is 6.42 Å². The lowest BCUT2D eigenvalue weighted by atomic mass is 9.94. The molecule has 1 rings (SSSR count). The summed E-state index contributed by atoms with van der Waals surface area (Å²) in [6, 6.07) is 7.47. The van der Waals surface area contributed by atoms with Gasteiger partial charge in [-0.05, 0) is 44.0 Å². The lowest BCUT2D eigenvalue weighted by Gasteiger charge is -2.31. The van der Waals surface area contributed by atoms with E-state index in [4.69, 9.17) is 5.73 Å². The van der Waals surface area contributed by atoms with E-state index in [0.717, 1.165) is 10.2 Å². The molecule has 0 aliphatic carbocycles. The average molecular weight is 339 g/mol. The third-order valence-corrected chi connectivity index (χ3v) is 3.46. The molecule has 0 saturated heterocycles. The number of nitrogens with two attached hydrogens (primary N) is 1. The standard InChI is InChI=1S/C13H18BrF3N2/c1-12(9-18,7-2-8-13(15,16)17)19-11-5-3-10(14)4-6-11/h3-6,19H,2,7-9,18H2,1H3. The Bertz CT molecular complexity index is 392. The molecule has 0 fully saturated rings. The predicted octanol–water partition coefficient (Wildman–Crippen LogP) is 4.31. The van der Waals surface area contributed by atoms with E-state index < -0.39 is 18.1 Å². The maximum atomic E-state index is 12.1. The lowest BCUT2D eigenvalue weighted by molar-refractivity contribution is -0.136. The van der Waals surface area contributed by atoms with Crippen molar-refractivity contribution < 1.29 is 13.2 Å². The Balaban J connectivity index is 2.57. The highest BCUT2D eigenvalue weighted by atomic mass is 79.9. The van der Waals surface area contributed by atoms with Crippen molar-refractivity contribution in [3.63, 3.8) is 0 Å². The molecule has 6 heteroatoms. The van der Waals surface area contributed by atoms with Gasteiger partial charge in [0.05, 0.1) is 0 Å². The van der Waals surface area contributed by atoms with Crippen molar-refractivity contribution in [2.75, 3.05) is 11.9 Å². The molecule has 0 aliphatic heterocycles. The van der Waals surface area contributed by atoms with E-state index in [-0.39, 0.29) is 13.0 Å². The second-order valence-electron chi connectivity index (χ2n) is 4.87. The zero-order valence-corrected chi connectivity index (χ0v) is 12.3. The van der Waals surface area contributed by atoms with Gasteiger partial charge in [-0.3, -0.25) is 0 Å². The van der Waals surface area contributed by atoms with Crippen LogP contribution >= 0.6 is 15.9 Å². The monoisotopic (exact) mass is 338 g/mol. The molecular formula is C13H18BrF3N2. The van der Waals surface area contributed by atoms with Crippen LogP contribution in [0.25, 0.3) is 0 Å². The number of hydrogen-bond acceptors (Lipinski definition) is 2. The fourth-order valence-corrected chi connectivity index (χ4v) is 2.04. The molecule has 0 heterocycles. The third-order valence-electron chi connectivity index (χ3n) is 2.93. The summed E-state index contributed by atoms with van der Waals surface area (Å²) in [5, 5.41) is 3.21. The van der Waals surface area contributed by atoms with Crippen LogP contribution < -0.4 is 11.1 Å². The second kappa shape index (κ2) is 6.61. The van der Waals surface area contributed by atoms with E-state index in [1.807, 2.05) is 31.2 Å². The van der Waals surface area contributed by atoms with Crippen molar-refractivity contribution in [3.8, 4) is 0 Å². The summed E-state index contributed by atoms with van der Waals surface area (Å²) in [4.78, 5) is 0. The van der Waals surface area contributed by atoms with E-state index in [1.165, 1.54) is 0 Å². The number of anilines is 1. The molecule has 0 spiro atoms. The summed E-state index contributed by atoms with van der Waals surface area (Å²) >= 11 is 3.33. The molecule has 1 aromatic carbocycles. The summed E-state index contributed by atoms with van der Waals surface area (Å²) in [6.45, 7) is 2.12. The van der Waals surface area contributed by atoms with Crippen molar-refractivity contribution in [2.24, 2.45) is 5.73 Å². The highest BCUT2D eigenvalue weighted by Crippen LogP contribution is 2.26. The predicted molar refractivity (Wildman–Crippen MR) is 75.1 cm³/mol. The van der Waals surface area contributed by atoms with Gasteiger partial charge in [-0.15, -0.1) is 0 Å². The highest BCUT2D eigenvalue weighted by molar-refractivity contribution is 9.10. The van der Waals surface area contributed by atoms with Crippen LogP contribution in [0.4, 0.5) is 18.9 Å². The SMILES string of the molecule is CC(CN)(CCCC(F)(F)F)Nc1ccc(Br)cc1. The zero-order chi connectivity index (χ0) is 14.5. The molecule has 1 atom stereocenters. The first-order valence-corrected chi connectivity index (χ1v) is 6.84. The molecule has 0 saturated carbocycles. The quantitative estimate of drug-likeness (QED) is 0.810. The minimum absolute atomic E-state index is 0.0702. The minimum Gasteiger partial charge on any atom is -0.379 e. The van der Waals surface area contributed by atoms with Crippen molar-refractivity contribution in [3.05, 3.63) is 28.7 Å². The molecule has 3 N–H and O–H groups in total. The first kappa shape index (κ1) is 16.3. The smallest absolute Gasteiger partial charge is 0.379 e. The van der Waals surface area contributed by atoms with Crippen molar-refractivity contribution in [1.29, 1.82) is 0 Å². The van der Waals surface area contributed by atoms with Crippen molar-refractivity contribution in [2.45, 2.75) is 37.9 Å². The molecule has 1 aromatic rings. The van der Waals surface area contributed by atoms with Crippen LogP contribution in [-0.4, -0.2) is 18.3 Å². The van der Waals surface area contributed by atoms with Crippen LogP contribution in [0, 0.1) is 0 Å². The Morgan fingerprint density at radius 2 is 1.74 bits per heavy atom. The largest absolute Gasteiger partial charge is 0.389 e. The molecule has 0 aromatic heterocycles. The molecule has 0 bridgehead atoms. The molecule has 0 amide bonds. The Hall–Kier alpha value is -0.750. The van der Waals surface area contributed by atoms with Crippen LogP contribution in [0.1, 0.15) is 26.2 Å². The number of hydrogen-bond donors (Lipinski definition) is 2. The van der Waals surface area contributed by atoms with Crippen LogP contribution in [0.5, 0.6) is 0 Å². The van der Waals surface area contributed by atoms with Gasteiger partial charge >= 0.3 is 6.18 Å². The normalized spacial score (nSPS) is 15.1. The van der Waals surface area contributed by atoms with Crippen LogP contribution in [0.15, 0.2) is 28.7 Å². The Morgan fingerprint density at radius 3 is 2.21 bits per heavy atom. The van der Waals surface area contributed by atoms with Gasteiger partial charge < -0.3 is 11.1 Å². The molecular weight excluding hydrogens is 321 g/mol. The van der Waals surface area contributed by atoms with Gasteiger partial charge in [0.2, 0.25) is 0 Å². The fourth-order valence-electron chi connectivity index (χ4n) is 1.78. The summed E-state index contributed by atoms with van der Waals surface area (Å²) in [7, 11) is 0. The third kappa shape index (κ3) is 6.29. The average Bonchev–Trinajstić information content (AvgIpc) is 2.30. The number of benzene rings is 1. The van der Waals surface area contributed by atoms with Gasteiger partial charge in [-0.2, -0.15) is 13.2 Å². The van der Waals surface area contributed by atoms with Crippen LogP contribution in [0.2, 0.25) is 0 Å². The topological polar surface area (TPSA) is 38.0 Å². The number of halogens is 4. The second-order valence-corrected chi connectivity index (χ2v) is 5.78. The van der Waals surface area contributed by atoms with Gasteiger partial charge in [0.15, 0.2) is 0 Å². The van der Waals surface area contributed by atoms with E-state index in [9.17, 15) is 13.2 Å². The summed E-state index contributed by atoms with van der Waals surface area (Å²) in [6.07, 6.45) is -4.43. The summed E-state index contributed by atoms with van der Waals surface area (Å²) in [5.74, 6) is 0. The van der Waals surface area contributed by atoms with E-state index in [2.05, 4.69) is 21.2 Å². The maximum absolute atomic E-state index is 12.1. The van der Waals surface area contributed by atoms with Gasteiger partial charge in [-0.1, -0.05) is 15.9 Å². The van der Waals surface area contributed by atoms with Crippen molar-refractivity contribution in [1.82, 2.24) is 0 Å². The first-order valence-electron chi connectivity index (χ1n) is 6.05. The first-order chi connectivity index (χ1) is 8.74. The molecule has 1 unspecified atom stereocenters. The molecule has 0 radical (unpaired) electrons. The zero-order valence-electron chi connectivity index (χ0n) is 10.7. The van der Waals surface area contributed by atoms with Gasteiger partial charge in [0.25, 0.3) is 0 Å². The Labute approximate surface area is 119 Å². The van der Waals surface area contributed by atoms with Crippen LogP contribution in [-0.2, 0) is 0 Å². The molecule has 2 nitrogen and oxygen atoms in total. The molecule has 0 aliphatic rings. The Morgan fingerprint density at radius 1 is 1.16 bits per heavy atom. The van der Waals surface area contributed by atoms with Gasteiger partial charge in [0, 0.05) is 28.7 Å². The molecule has 108 valence electrons. The van der Waals surface area contributed by atoms with E-state index in [1.54, 1.807) is 0 Å². The number of alkyl halides is 3. The maximum Gasteiger partial charge on any atom is 0.389 e. The number of nitrogens with one attached hydrogen (secondary N) is 1. The van der Waals surface area contributed by atoms with Crippen molar-refractivity contribution >= 4 is 21.6 Å². The van der Waals surface area contributed by atoms with Gasteiger partial charge in [0.1, 0.15) is 0 Å². The highest BCUT2D eigenvalue weighted by Gasteiger charge is 2.29. The lowest BCUT2D eigenvalue weighted by Crippen LogP contribution is -2.42. The summed E-state index contributed by atoms with van der Waals surface area (Å²) < 4.78 is 37.4. The fraction of sp³-hybridized carbons (Fsp3) is 0.538. The summed E-state index contributed by atoms with van der Waals surface area (Å²) in [5.41, 5.74) is 6.00. The minimum atomic E-state index is -4.10. The van der Waals surface area contributed by atoms with Crippen LogP contribution in [0.3, 0.4) is 0 Å². The van der Waals surface area contributed by atoms with E-state index >= 15 is 0 Å². The molecule has 19 heavy (non-hydrogen) atoms. The number of rotatable bonds is 6. The van der Waals surface area contributed by atoms with Gasteiger partial charge in [-0.25, -0.2) is 0 Å².